The predicted octanol–water partition coefficient (Wildman–Crippen LogP) is 3.88. The second-order valence-electron chi connectivity index (χ2n) is 6.28. The molecule has 136 valence electrons. The highest BCUT2D eigenvalue weighted by atomic mass is 16.5. The molecule has 0 spiro atoms. The fourth-order valence-electron chi connectivity index (χ4n) is 2.74. The Morgan fingerprint density at radius 2 is 1.85 bits per heavy atom. The van der Waals surface area contributed by atoms with Crippen molar-refractivity contribution in [2.75, 3.05) is 34.4 Å². The second kappa shape index (κ2) is 8.54. The van der Waals surface area contributed by atoms with E-state index in [2.05, 4.69) is 22.0 Å². The van der Waals surface area contributed by atoms with Crippen molar-refractivity contribution in [2.24, 2.45) is 0 Å². The molecule has 0 amide bonds. The Bertz CT molecular complexity index is 828. The number of rotatable bonds is 8. The Hall–Kier alpha value is -2.79. The highest BCUT2D eigenvalue weighted by molar-refractivity contribution is 5.71. The van der Waals surface area contributed by atoms with E-state index >= 15 is 0 Å². The van der Waals surface area contributed by atoms with Crippen LogP contribution in [0.4, 0.5) is 0 Å². The molecule has 0 aliphatic rings. The van der Waals surface area contributed by atoms with Crippen molar-refractivity contribution in [3.8, 4) is 22.8 Å². The Morgan fingerprint density at radius 3 is 2.58 bits per heavy atom. The topological polar surface area (TPSA) is 47.7 Å². The van der Waals surface area contributed by atoms with Crippen LogP contribution in [0.5, 0.6) is 11.5 Å². The molecule has 0 bridgehead atoms. The number of methoxy groups -OCH3 is 1. The summed E-state index contributed by atoms with van der Waals surface area (Å²) in [6.45, 7) is 1.37. The zero-order valence-corrected chi connectivity index (χ0v) is 15.4. The maximum Gasteiger partial charge on any atom is 0.181 e. The number of benzene rings is 2. The standard InChI is InChI=1S/C21H24N2O3/c1-23(2)12-13-25-21-17(10-7-11-19(21)24-3)20-18(22-15-26-20)14-16-8-5-4-6-9-16/h4-11,15H,12-14H2,1-3H3. The Kier molecular flexibility index (Phi) is 5.92. The number of para-hydroxylation sites is 1. The number of ether oxygens (including phenoxy) is 2. The minimum Gasteiger partial charge on any atom is -0.493 e. The van der Waals surface area contributed by atoms with E-state index in [1.807, 2.05) is 50.5 Å². The van der Waals surface area contributed by atoms with Gasteiger partial charge in [0.05, 0.1) is 18.4 Å². The first-order chi connectivity index (χ1) is 12.7. The number of likely N-dealkylation sites (N-methyl/N-ethyl adjacent to an activating group) is 1. The summed E-state index contributed by atoms with van der Waals surface area (Å²) < 4.78 is 17.3. The molecule has 3 aromatic rings. The van der Waals surface area contributed by atoms with Crippen molar-refractivity contribution in [1.29, 1.82) is 0 Å². The number of hydrogen-bond acceptors (Lipinski definition) is 5. The van der Waals surface area contributed by atoms with Gasteiger partial charge in [-0.1, -0.05) is 36.4 Å². The molecule has 0 aliphatic heterocycles. The normalized spacial score (nSPS) is 10.9. The van der Waals surface area contributed by atoms with Crippen LogP contribution in [-0.2, 0) is 6.42 Å². The largest absolute Gasteiger partial charge is 0.493 e. The molecule has 0 saturated carbocycles. The van der Waals surface area contributed by atoms with Gasteiger partial charge in [0.2, 0.25) is 0 Å². The van der Waals surface area contributed by atoms with Gasteiger partial charge in [-0.2, -0.15) is 0 Å². The molecule has 5 heteroatoms. The zero-order chi connectivity index (χ0) is 18.4. The van der Waals surface area contributed by atoms with Crippen molar-refractivity contribution >= 4 is 0 Å². The molecule has 3 rings (SSSR count). The van der Waals surface area contributed by atoms with Crippen molar-refractivity contribution in [1.82, 2.24) is 9.88 Å². The third-order valence-corrected chi connectivity index (χ3v) is 4.08. The van der Waals surface area contributed by atoms with Crippen LogP contribution in [0.2, 0.25) is 0 Å². The van der Waals surface area contributed by atoms with Crippen molar-refractivity contribution < 1.29 is 13.9 Å². The third kappa shape index (κ3) is 4.24. The molecule has 1 heterocycles. The van der Waals surface area contributed by atoms with Crippen LogP contribution in [0, 0.1) is 0 Å². The van der Waals surface area contributed by atoms with Gasteiger partial charge in [0.15, 0.2) is 23.7 Å². The molecule has 0 unspecified atom stereocenters. The average molecular weight is 352 g/mol. The molecular weight excluding hydrogens is 328 g/mol. The van der Waals surface area contributed by atoms with E-state index in [0.29, 0.717) is 30.3 Å². The maximum absolute atomic E-state index is 6.04. The van der Waals surface area contributed by atoms with Crippen LogP contribution in [0.25, 0.3) is 11.3 Å². The quantitative estimate of drug-likeness (QED) is 0.616. The van der Waals surface area contributed by atoms with Crippen molar-refractivity contribution in [3.63, 3.8) is 0 Å². The molecule has 1 aromatic heterocycles. The zero-order valence-electron chi connectivity index (χ0n) is 15.4. The second-order valence-corrected chi connectivity index (χ2v) is 6.28. The summed E-state index contributed by atoms with van der Waals surface area (Å²) in [6, 6.07) is 16.0. The highest BCUT2D eigenvalue weighted by Crippen LogP contribution is 2.39. The molecule has 0 fully saturated rings. The number of oxazole rings is 1. The molecule has 26 heavy (non-hydrogen) atoms. The lowest BCUT2D eigenvalue weighted by Crippen LogP contribution is -2.19. The first-order valence-corrected chi connectivity index (χ1v) is 8.60. The van der Waals surface area contributed by atoms with E-state index in [4.69, 9.17) is 13.9 Å². The summed E-state index contributed by atoms with van der Waals surface area (Å²) in [4.78, 5) is 6.50. The SMILES string of the molecule is COc1cccc(-c2ocnc2Cc2ccccc2)c1OCCN(C)C. The summed E-state index contributed by atoms with van der Waals surface area (Å²) in [5.74, 6) is 2.08. The Morgan fingerprint density at radius 1 is 1.04 bits per heavy atom. The van der Waals surface area contributed by atoms with Gasteiger partial charge in [0, 0.05) is 13.0 Å². The summed E-state index contributed by atoms with van der Waals surface area (Å²) in [6.07, 6.45) is 2.18. The molecular formula is C21H24N2O3. The molecule has 2 aromatic carbocycles. The molecule has 0 radical (unpaired) electrons. The van der Waals surface area contributed by atoms with Crippen LogP contribution >= 0.6 is 0 Å². The molecule has 0 atom stereocenters. The first kappa shape index (κ1) is 18.0. The van der Waals surface area contributed by atoms with Gasteiger partial charge in [-0.15, -0.1) is 0 Å². The monoisotopic (exact) mass is 352 g/mol. The lowest BCUT2D eigenvalue weighted by atomic mass is 10.0. The van der Waals surface area contributed by atoms with Crippen LogP contribution in [0.15, 0.2) is 59.3 Å². The van der Waals surface area contributed by atoms with E-state index in [0.717, 1.165) is 17.8 Å². The van der Waals surface area contributed by atoms with E-state index in [1.165, 1.54) is 12.0 Å². The smallest absolute Gasteiger partial charge is 0.181 e. The van der Waals surface area contributed by atoms with Crippen LogP contribution < -0.4 is 9.47 Å². The number of hydrogen-bond donors (Lipinski definition) is 0. The van der Waals surface area contributed by atoms with Gasteiger partial charge < -0.3 is 18.8 Å². The highest BCUT2D eigenvalue weighted by Gasteiger charge is 2.19. The number of aromatic nitrogens is 1. The van der Waals surface area contributed by atoms with Crippen LogP contribution in [0.3, 0.4) is 0 Å². The lowest BCUT2D eigenvalue weighted by Gasteiger charge is -2.16. The van der Waals surface area contributed by atoms with Gasteiger partial charge in [0.25, 0.3) is 0 Å². The lowest BCUT2D eigenvalue weighted by molar-refractivity contribution is 0.251. The molecule has 0 N–H and O–H groups in total. The van der Waals surface area contributed by atoms with Crippen molar-refractivity contribution in [2.45, 2.75) is 6.42 Å². The predicted molar refractivity (Wildman–Crippen MR) is 102 cm³/mol. The van der Waals surface area contributed by atoms with Crippen LogP contribution in [0.1, 0.15) is 11.3 Å². The minimum atomic E-state index is 0.558. The van der Waals surface area contributed by atoms with E-state index in [1.54, 1.807) is 7.11 Å². The fourth-order valence-corrected chi connectivity index (χ4v) is 2.74. The molecule has 0 saturated heterocycles. The molecule has 0 aliphatic carbocycles. The third-order valence-electron chi connectivity index (χ3n) is 4.08. The number of nitrogens with zero attached hydrogens (tertiary/aromatic N) is 2. The van der Waals surface area contributed by atoms with Gasteiger partial charge in [0.1, 0.15) is 6.61 Å². The van der Waals surface area contributed by atoms with E-state index in [-0.39, 0.29) is 0 Å². The Balaban J connectivity index is 1.93. The molecule has 5 nitrogen and oxygen atoms in total. The summed E-state index contributed by atoms with van der Waals surface area (Å²) in [5, 5.41) is 0. The van der Waals surface area contributed by atoms with Gasteiger partial charge >= 0.3 is 0 Å². The fraction of sp³-hybridized carbons (Fsp3) is 0.286. The van der Waals surface area contributed by atoms with E-state index in [9.17, 15) is 0 Å². The van der Waals surface area contributed by atoms with Crippen molar-refractivity contribution in [3.05, 3.63) is 66.2 Å². The first-order valence-electron chi connectivity index (χ1n) is 8.60. The van der Waals surface area contributed by atoms with Gasteiger partial charge in [-0.05, 0) is 31.8 Å². The van der Waals surface area contributed by atoms with E-state index < -0.39 is 0 Å². The summed E-state index contributed by atoms with van der Waals surface area (Å²) >= 11 is 0. The van der Waals surface area contributed by atoms with Crippen LogP contribution in [-0.4, -0.2) is 44.2 Å². The van der Waals surface area contributed by atoms with Gasteiger partial charge in [-0.25, -0.2) is 4.98 Å². The summed E-state index contributed by atoms with van der Waals surface area (Å²) in [7, 11) is 5.67. The van der Waals surface area contributed by atoms with Gasteiger partial charge in [-0.3, -0.25) is 0 Å². The average Bonchev–Trinajstić information content (AvgIpc) is 3.10. The Labute approximate surface area is 154 Å². The maximum atomic E-state index is 6.04. The minimum absolute atomic E-state index is 0.558. The summed E-state index contributed by atoms with van der Waals surface area (Å²) in [5.41, 5.74) is 2.91.